The van der Waals surface area contributed by atoms with Gasteiger partial charge in [-0.2, -0.15) is 0 Å². The molecule has 0 aliphatic heterocycles. The maximum atomic E-state index is 4.50. The third-order valence-corrected chi connectivity index (χ3v) is 2.79. The lowest BCUT2D eigenvalue weighted by Crippen LogP contribution is -2.13. The highest BCUT2D eigenvalue weighted by atomic mass is 15.3. The first-order valence-corrected chi connectivity index (χ1v) is 5.73. The van der Waals surface area contributed by atoms with Gasteiger partial charge in [-0.05, 0) is 24.3 Å². The third-order valence-electron chi connectivity index (χ3n) is 2.79. The highest BCUT2D eigenvalue weighted by molar-refractivity contribution is 5.74. The van der Waals surface area contributed by atoms with Crippen LogP contribution in [0.1, 0.15) is 0 Å². The molecule has 0 saturated carbocycles. The fraction of sp³-hybridized carbons (Fsp3) is 0.0714. The molecule has 0 bridgehead atoms. The van der Waals surface area contributed by atoms with E-state index in [1.807, 2.05) is 66.5 Å². The van der Waals surface area contributed by atoms with Crippen LogP contribution in [0.15, 0.2) is 54.6 Å². The van der Waals surface area contributed by atoms with Gasteiger partial charge in [0.05, 0.1) is 5.52 Å². The lowest BCUT2D eigenvalue weighted by atomic mass is 10.3. The first-order valence-electron chi connectivity index (χ1n) is 5.73. The zero-order valence-electron chi connectivity index (χ0n) is 9.99. The summed E-state index contributed by atoms with van der Waals surface area (Å²) in [6.07, 6.45) is 0. The Bertz CT molecular complexity index is 667. The number of para-hydroxylation sites is 2. The van der Waals surface area contributed by atoms with Gasteiger partial charge in [0.1, 0.15) is 5.52 Å². The summed E-state index contributed by atoms with van der Waals surface area (Å²) in [6.45, 7) is 0. The molecule has 18 heavy (non-hydrogen) atoms. The Morgan fingerprint density at radius 1 is 0.778 bits per heavy atom. The van der Waals surface area contributed by atoms with E-state index >= 15 is 0 Å². The van der Waals surface area contributed by atoms with Crippen LogP contribution in [0.2, 0.25) is 0 Å². The summed E-state index contributed by atoms with van der Waals surface area (Å²) >= 11 is 0. The van der Waals surface area contributed by atoms with Gasteiger partial charge in [-0.15, -0.1) is 10.2 Å². The summed E-state index contributed by atoms with van der Waals surface area (Å²) < 4.78 is 0. The molecule has 0 radical (unpaired) electrons. The Kier molecular flexibility index (Phi) is 2.61. The molecule has 1 heterocycles. The minimum Gasteiger partial charge on any atom is -0.312 e. The van der Waals surface area contributed by atoms with Crippen molar-refractivity contribution in [1.82, 2.24) is 15.2 Å². The van der Waals surface area contributed by atoms with Crippen LogP contribution in [-0.4, -0.2) is 22.2 Å². The molecular weight excluding hydrogens is 224 g/mol. The molecular formula is C14H12N4. The van der Waals surface area contributed by atoms with Crippen molar-refractivity contribution in [3.05, 3.63) is 54.6 Å². The van der Waals surface area contributed by atoms with Crippen LogP contribution in [0.5, 0.6) is 0 Å². The number of aromatic nitrogens is 3. The van der Waals surface area contributed by atoms with E-state index in [1.165, 1.54) is 0 Å². The predicted octanol–water partition coefficient (Wildman–Crippen LogP) is 2.79. The number of hydrogen-bond donors (Lipinski definition) is 0. The lowest BCUT2D eigenvalue weighted by molar-refractivity contribution is 0.967. The quantitative estimate of drug-likeness (QED) is 0.686. The summed E-state index contributed by atoms with van der Waals surface area (Å²) in [5.41, 5.74) is 2.70. The van der Waals surface area contributed by atoms with E-state index in [9.17, 15) is 0 Å². The van der Waals surface area contributed by atoms with E-state index in [4.69, 9.17) is 0 Å². The average molecular weight is 236 g/mol. The van der Waals surface area contributed by atoms with E-state index in [-0.39, 0.29) is 0 Å². The number of nitrogens with zero attached hydrogens (tertiary/aromatic N) is 4. The number of benzene rings is 2. The molecule has 0 aliphatic carbocycles. The molecule has 0 amide bonds. The van der Waals surface area contributed by atoms with Crippen LogP contribution in [0.3, 0.4) is 0 Å². The summed E-state index contributed by atoms with van der Waals surface area (Å²) in [4.78, 5) is 6.42. The Hall–Kier alpha value is -2.49. The smallest absolute Gasteiger partial charge is 0.250 e. The van der Waals surface area contributed by atoms with Crippen molar-refractivity contribution in [3.63, 3.8) is 0 Å². The van der Waals surface area contributed by atoms with Crippen molar-refractivity contribution in [2.45, 2.75) is 0 Å². The van der Waals surface area contributed by atoms with Crippen molar-refractivity contribution >= 4 is 22.7 Å². The van der Waals surface area contributed by atoms with E-state index in [0.29, 0.717) is 5.95 Å². The average Bonchev–Trinajstić information content (AvgIpc) is 2.47. The normalized spacial score (nSPS) is 10.5. The summed E-state index contributed by atoms with van der Waals surface area (Å²) in [6, 6.07) is 17.7. The van der Waals surface area contributed by atoms with Gasteiger partial charge in [0, 0.05) is 12.7 Å². The molecule has 0 atom stereocenters. The van der Waals surface area contributed by atoms with E-state index < -0.39 is 0 Å². The summed E-state index contributed by atoms with van der Waals surface area (Å²) in [5, 5.41) is 8.32. The highest BCUT2D eigenvalue weighted by Crippen LogP contribution is 2.19. The lowest BCUT2D eigenvalue weighted by Gasteiger charge is -2.16. The minimum atomic E-state index is 0.597. The zero-order chi connectivity index (χ0) is 12.4. The zero-order valence-corrected chi connectivity index (χ0v) is 9.99. The molecule has 0 spiro atoms. The Balaban J connectivity index is 2.04. The maximum absolute atomic E-state index is 4.50. The van der Waals surface area contributed by atoms with Gasteiger partial charge >= 0.3 is 0 Å². The standard InChI is InChI=1S/C14H12N4/c1-18(11-7-3-2-4-8-11)14-15-12-9-5-6-10-13(12)16-17-14/h2-10H,1H3. The van der Waals surface area contributed by atoms with Crippen LogP contribution in [0.25, 0.3) is 11.0 Å². The number of anilines is 2. The molecule has 4 heteroatoms. The number of hydrogen-bond acceptors (Lipinski definition) is 4. The van der Waals surface area contributed by atoms with Gasteiger partial charge in [-0.1, -0.05) is 30.3 Å². The van der Waals surface area contributed by atoms with E-state index in [0.717, 1.165) is 16.7 Å². The number of rotatable bonds is 2. The van der Waals surface area contributed by atoms with Gasteiger partial charge in [0.2, 0.25) is 5.95 Å². The summed E-state index contributed by atoms with van der Waals surface area (Å²) in [5.74, 6) is 0.597. The van der Waals surface area contributed by atoms with Crippen LogP contribution in [-0.2, 0) is 0 Å². The minimum absolute atomic E-state index is 0.597. The summed E-state index contributed by atoms with van der Waals surface area (Å²) in [7, 11) is 1.93. The Morgan fingerprint density at radius 3 is 2.22 bits per heavy atom. The second-order valence-electron chi connectivity index (χ2n) is 4.00. The predicted molar refractivity (Wildman–Crippen MR) is 71.8 cm³/mol. The van der Waals surface area contributed by atoms with Gasteiger partial charge in [-0.3, -0.25) is 0 Å². The van der Waals surface area contributed by atoms with Crippen molar-refractivity contribution in [2.75, 3.05) is 11.9 Å². The van der Waals surface area contributed by atoms with Crippen molar-refractivity contribution in [3.8, 4) is 0 Å². The molecule has 0 unspecified atom stereocenters. The topological polar surface area (TPSA) is 41.9 Å². The molecule has 0 N–H and O–H groups in total. The molecule has 3 rings (SSSR count). The molecule has 4 nitrogen and oxygen atoms in total. The largest absolute Gasteiger partial charge is 0.312 e. The molecule has 2 aromatic carbocycles. The van der Waals surface area contributed by atoms with Gasteiger partial charge in [-0.25, -0.2) is 4.98 Å². The van der Waals surface area contributed by atoms with Gasteiger partial charge in [0.15, 0.2) is 0 Å². The fourth-order valence-corrected chi connectivity index (χ4v) is 1.78. The van der Waals surface area contributed by atoms with Crippen LogP contribution in [0, 0.1) is 0 Å². The second kappa shape index (κ2) is 4.41. The second-order valence-corrected chi connectivity index (χ2v) is 4.00. The Morgan fingerprint density at radius 2 is 1.44 bits per heavy atom. The monoisotopic (exact) mass is 236 g/mol. The van der Waals surface area contributed by atoms with Crippen molar-refractivity contribution in [1.29, 1.82) is 0 Å². The van der Waals surface area contributed by atoms with E-state index in [2.05, 4.69) is 15.2 Å². The molecule has 1 aromatic heterocycles. The third kappa shape index (κ3) is 1.88. The fourth-order valence-electron chi connectivity index (χ4n) is 1.78. The van der Waals surface area contributed by atoms with Crippen LogP contribution in [0.4, 0.5) is 11.6 Å². The molecule has 0 aliphatic rings. The SMILES string of the molecule is CN(c1ccccc1)c1nnc2ccccc2n1. The Labute approximate surface area is 105 Å². The van der Waals surface area contributed by atoms with Crippen LogP contribution >= 0.6 is 0 Å². The molecule has 0 fully saturated rings. The molecule has 3 aromatic rings. The van der Waals surface area contributed by atoms with Gasteiger partial charge in [0.25, 0.3) is 0 Å². The van der Waals surface area contributed by atoms with Crippen molar-refractivity contribution in [2.24, 2.45) is 0 Å². The van der Waals surface area contributed by atoms with Crippen molar-refractivity contribution < 1.29 is 0 Å². The van der Waals surface area contributed by atoms with Gasteiger partial charge < -0.3 is 4.90 Å². The van der Waals surface area contributed by atoms with Crippen LogP contribution < -0.4 is 4.90 Å². The first kappa shape index (κ1) is 10.7. The molecule has 0 saturated heterocycles. The van der Waals surface area contributed by atoms with E-state index in [1.54, 1.807) is 0 Å². The maximum Gasteiger partial charge on any atom is 0.250 e. The first-order chi connectivity index (χ1) is 8.84. The molecule has 88 valence electrons. The highest BCUT2D eigenvalue weighted by Gasteiger charge is 2.07. The number of fused-ring (bicyclic) bond motifs is 1.